The van der Waals surface area contributed by atoms with Crippen molar-refractivity contribution in [2.45, 2.75) is 26.9 Å². The van der Waals surface area contributed by atoms with E-state index in [-0.39, 0.29) is 5.91 Å². The highest BCUT2D eigenvalue weighted by atomic mass is 16.5. The Kier molecular flexibility index (Phi) is 5.94. The summed E-state index contributed by atoms with van der Waals surface area (Å²) in [6, 6.07) is 18.7. The molecule has 5 heteroatoms. The maximum atomic E-state index is 12.7. The van der Waals surface area contributed by atoms with Crippen molar-refractivity contribution in [1.29, 1.82) is 0 Å². The molecule has 3 rings (SSSR count). The Bertz CT molecular complexity index is 1010. The Hall–Kier alpha value is -3.34. The minimum absolute atomic E-state index is 0.294. The summed E-state index contributed by atoms with van der Waals surface area (Å²) in [6.07, 6.45) is -0.712. The number of carbonyl (C=O) groups is 2. The lowest BCUT2D eigenvalue weighted by molar-refractivity contribution is -0.122. The number of ether oxygens (including phenoxy) is 2. The molecule has 0 saturated carbocycles. The van der Waals surface area contributed by atoms with Crippen LogP contribution in [0.2, 0.25) is 0 Å². The molecule has 0 aliphatic heterocycles. The minimum atomic E-state index is -0.712. The number of aryl methyl sites for hydroxylation is 1. The van der Waals surface area contributed by atoms with Gasteiger partial charge in [-0.3, -0.25) is 4.79 Å². The van der Waals surface area contributed by atoms with Crippen LogP contribution < -0.4 is 10.1 Å². The largest absolute Gasteiger partial charge is 0.480 e. The third-order valence-electron chi connectivity index (χ3n) is 4.43. The van der Waals surface area contributed by atoms with E-state index in [0.29, 0.717) is 23.6 Å². The molecule has 0 heterocycles. The summed E-state index contributed by atoms with van der Waals surface area (Å²) in [6.45, 7) is 5.60. The van der Waals surface area contributed by atoms with Crippen molar-refractivity contribution in [1.82, 2.24) is 0 Å². The van der Waals surface area contributed by atoms with Gasteiger partial charge in [0.2, 0.25) is 0 Å². The first kappa shape index (κ1) is 19.4. The van der Waals surface area contributed by atoms with E-state index in [4.69, 9.17) is 9.47 Å². The van der Waals surface area contributed by atoms with E-state index in [0.717, 1.165) is 16.3 Å². The number of hydrogen-bond donors (Lipinski definition) is 1. The van der Waals surface area contributed by atoms with Gasteiger partial charge in [-0.2, -0.15) is 0 Å². The van der Waals surface area contributed by atoms with Crippen molar-refractivity contribution in [3.8, 4) is 5.75 Å². The number of fused-ring (bicyclic) bond motifs is 1. The number of carbonyl (C=O) groups excluding carboxylic acids is 2. The molecule has 28 heavy (non-hydrogen) atoms. The predicted molar refractivity (Wildman–Crippen MR) is 110 cm³/mol. The van der Waals surface area contributed by atoms with Gasteiger partial charge >= 0.3 is 5.97 Å². The molecule has 0 unspecified atom stereocenters. The molecule has 1 N–H and O–H groups in total. The molecule has 1 atom stereocenters. The lowest BCUT2D eigenvalue weighted by Crippen LogP contribution is -2.30. The molecule has 5 nitrogen and oxygen atoms in total. The number of rotatable bonds is 6. The molecular formula is C23H23NO4. The molecule has 0 fully saturated rings. The highest BCUT2D eigenvalue weighted by Gasteiger charge is 2.18. The monoisotopic (exact) mass is 377 g/mol. The zero-order valence-electron chi connectivity index (χ0n) is 16.2. The van der Waals surface area contributed by atoms with Gasteiger partial charge in [-0.05, 0) is 49.9 Å². The molecule has 144 valence electrons. The van der Waals surface area contributed by atoms with Crippen LogP contribution in [-0.2, 0) is 9.53 Å². The second kappa shape index (κ2) is 8.57. The van der Waals surface area contributed by atoms with Crippen LogP contribution in [0.5, 0.6) is 5.75 Å². The van der Waals surface area contributed by atoms with Crippen LogP contribution in [0.25, 0.3) is 10.8 Å². The fraction of sp³-hybridized carbons (Fsp3) is 0.217. The van der Waals surface area contributed by atoms with Crippen molar-refractivity contribution in [2.24, 2.45) is 0 Å². The molecule has 3 aromatic carbocycles. The minimum Gasteiger partial charge on any atom is -0.480 e. The summed E-state index contributed by atoms with van der Waals surface area (Å²) < 4.78 is 10.9. The second-order valence-corrected chi connectivity index (χ2v) is 6.48. The van der Waals surface area contributed by atoms with E-state index < -0.39 is 12.1 Å². The molecule has 0 spiro atoms. The van der Waals surface area contributed by atoms with E-state index in [1.54, 1.807) is 32.0 Å². The van der Waals surface area contributed by atoms with Gasteiger partial charge in [0.1, 0.15) is 5.75 Å². The van der Waals surface area contributed by atoms with Crippen molar-refractivity contribution in [2.75, 3.05) is 11.9 Å². The van der Waals surface area contributed by atoms with Crippen LogP contribution in [-0.4, -0.2) is 24.6 Å². The fourth-order valence-corrected chi connectivity index (χ4v) is 2.87. The molecule has 0 radical (unpaired) electrons. The number of nitrogens with one attached hydrogen (secondary N) is 1. The number of anilines is 1. The van der Waals surface area contributed by atoms with Gasteiger partial charge in [-0.25, -0.2) is 4.79 Å². The quantitative estimate of drug-likeness (QED) is 0.631. The van der Waals surface area contributed by atoms with Crippen LogP contribution in [0.15, 0.2) is 60.7 Å². The smallest absolute Gasteiger partial charge is 0.338 e. The first-order chi connectivity index (χ1) is 13.5. The van der Waals surface area contributed by atoms with Gasteiger partial charge in [-0.1, -0.05) is 42.5 Å². The summed E-state index contributed by atoms with van der Waals surface area (Å²) in [5.74, 6) is -0.0622. The number of esters is 1. The van der Waals surface area contributed by atoms with Crippen LogP contribution in [0, 0.1) is 6.92 Å². The average Bonchev–Trinajstić information content (AvgIpc) is 2.70. The standard InChI is InChI=1S/C23H23NO4/c1-4-27-23(26)18-13-12-15(2)20(14-18)24-22(25)16(3)28-21-11-7-9-17-8-5-6-10-19(17)21/h5-14,16H,4H2,1-3H3,(H,24,25)/t16-/m1/s1. The molecule has 0 aliphatic rings. The van der Waals surface area contributed by atoms with Gasteiger partial charge < -0.3 is 14.8 Å². The number of amides is 1. The van der Waals surface area contributed by atoms with Crippen molar-refractivity contribution in [3.63, 3.8) is 0 Å². The van der Waals surface area contributed by atoms with Crippen LogP contribution in [0.3, 0.4) is 0 Å². The zero-order chi connectivity index (χ0) is 20.1. The predicted octanol–water partition coefficient (Wildman–Crippen LogP) is 4.73. The Morgan fingerprint density at radius 1 is 1.04 bits per heavy atom. The Morgan fingerprint density at radius 2 is 1.79 bits per heavy atom. The number of benzene rings is 3. The van der Waals surface area contributed by atoms with Crippen molar-refractivity contribution in [3.05, 3.63) is 71.8 Å². The van der Waals surface area contributed by atoms with Gasteiger partial charge in [0.05, 0.1) is 12.2 Å². The van der Waals surface area contributed by atoms with Gasteiger partial charge in [0.15, 0.2) is 6.10 Å². The topological polar surface area (TPSA) is 64.6 Å². The third kappa shape index (κ3) is 4.31. The molecule has 0 bridgehead atoms. The van der Waals surface area contributed by atoms with E-state index >= 15 is 0 Å². The Balaban J connectivity index is 1.75. The Morgan fingerprint density at radius 3 is 2.57 bits per heavy atom. The normalized spacial score (nSPS) is 11.7. The van der Waals surface area contributed by atoms with Gasteiger partial charge in [0.25, 0.3) is 5.91 Å². The SMILES string of the molecule is CCOC(=O)c1ccc(C)c(NC(=O)[C@@H](C)Oc2cccc3ccccc23)c1. The van der Waals surface area contributed by atoms with E-state index in [2.05, 4.69) is 5.32 Å². The van der Waals surface area contributed by atoms with Crippen LogP contribution >= 0.6 is 0 Å². The summed E-state index contributed by atoms with van der Waals surface area (Å²) in [5.41, 5.74) is 1.80. The molecule has 3 aromatic rings. The van der Waals surface area contributed by atoms with Crippen LogP contribution in [0.1, 0.15) is 29.8 Å². The Labute approximate surface area is 164 Å². The molecule has 0 aromatic heterocycles. The van der Waals surface area contributed by atoms with Crippen molar-refractivity contribution >= 4 is 28.3 Å². The molecular weight excluding hydrogens is 354 g/mol. The zero-order valence-corrected chi connectivity index (χ0v) is 16.2. The van der Waals surface area contributed by atoms with Gasteiger partial charge in [-0.15, -0.1) is 0 Å². The molecule has 0 aliphatic carbocycles. The summed E-state index contributed by atoms with van der Waals surface area (Å²) in [7, 11) is 0. The summed E-state index contributed by atoms with van der Waals surface area (Å²) in [4.78, 5) is 24.6. The van der Waals surface area contributed by atoms with E-state index in [9.17, 15) is 9.59 Å². The highest BCUT2D eigenvalue weighted by molar-refractivity contribution is 5.97. The first-order valence-electron chi connectivity index (χ1n) is 9.22. The van der Waals surface area contributed by atoms with Crippen LogP contribution in [0.4, 0.5) is 5.69 Å². The molecule has 0 saturated heterocycles. The fourth-order valence-electron chi connectivity index (χ4n) is 2.87. The second-order valence-electron chi connectivity index (χ2n) is 6.48. The maximum absolute atomic E-state index is 12.7. The highest BCUT2D eigenvalue weighted by Crippen LogP contribution is 2.26. The average molecular weight is 377 g/mol. The number of hydrogen-bond acceptors (Lipinski definition) is 4. The first-order valence-corrected chi connectivity index (χ1v) is 9.22. The summed E-state index contributed by atoms with van der Waals surface area (Å²) in [5, 5.41) is 4.84. The summed E-state index contributed by atoms with van der Waals surface area (Å²) >= 11 is 0. The third-order valence-corrected chi connectivity index (χ3v) is 4.43. The lowest BCUT2D eigenvalue weighted by Gasteiger charge is -2.17. The van der Waals surface area contributed by atoms with E-state index in [1.807, 2.05) is 49.4 Å². The lowest BCUT2D eigenvalue weighted by atomic mass is 10.1. The van der Waals surface area contributed by atoms with Gasteiger partial charge in [0, 0.05) is 11.1 Å². The van der Waals surface area contributed by atoms with Crippen molar-refractivity contribution < 1.29 is 19.1 Å². The van der Waals surface area contributed by atoms with E-state index in [1.165, 1.54) is 0 Å². The molecule has 1 amide bonds. The maximum Gasteiger partial charge on any atom is 0.338 e.